The lowest BCUT2D eigenvalue weighted by atomic mass is 10.3. The quantitative estimate of drug-likeness (QED) is 0.719. The fourth-order valence-corrected chi connectivity index (χ4v) is 1.62. The van der Waals surface area contributed by atoms with Gasteiger partial charge in [-0.15, -0.1) is 10.2 Å². The van der Waals surface area contributed by atoms with Crippen LogP contribution in [0.25, 0.3) is 11.0 Å². The number of carbonyl (C=O) groups is 1. The second-order valence-electron chi connectivity index (χ2n) is 4.14. The van der Waals surface area contributed by atoms with Crippen LogP contribution in [-0.4, -0.2) is 47.9 Å². The Morgan fingerprint density at radius 2 is 2.00 bits per heavy atom. The Labute approximate surface area is 116 Å². The number of nitrogens with zero attached hydrogens (tertiary/aromatic N) is 3. The highest BCUT2D eigenvalue weighted by atomic mass is 16.5. The normalized spacial score (nSPS) is 10.4. The number of fused-ring (bicyclic) bond motifs is 1. The number of amides is 1. The highest BCUT2D eigenvalue weighted by molar-refractivity contribution is 5.76. The molecule has 7 heteroatoms. The van der Waals surface area contributed by atoms with Crippen molar-refractivity contribution in [1.82, 2.24) is 20.5 Å². The maximum absolute atomic E-state index is 11.5. The topological polar surface area (TPSA) is 89.0 Å². The van der Waals surface area contributed by atoms with Gasteiger partial charge in [-0.3, -0.25) is 4.79 Å². The van der Waals surface area contributed by atoms with E-state index in [1.54, 1.807) is 7.11 Å². The molecular weight excluding hydrogens is 258 g/mol. The van der Waals surface area contributed by atoms with Crippen LogP contribution >= 0.6 is 0 Å². The van der Waals surface area contributed by atoms with Gasteiger partial charge in [0, 0.05) is 26.6 Å². The molecule has 0 spiro atoms. The molecule has 0 atom stereocenters. The predicted molar refractivity (Wildman–Crippen MR) is 75.3 cm³/mol. The van der Waals surface area contributed by atoms with Gasteiger partial charge in [0.2, 0.25) is 11.9 Å². The van der Waals surface area contributed by atoms with Gasteiger partial charge in [0.1, 0.15) is 5.52 Å². The Kier molecular flexibility index (Phi) is 5.19. The fraction of sp³-hybridized carbons (Fsp3) is 0.385. The van der Waals surface area contributed by atoms with Crippen LogP contribution in [0.15, 0.2) is 24.3 Å². The van der Waals surface area contributed by atoms with E-state index in [0.29, 0.717) is 32.1 Å². The molecular formula is C13H17N5O2. The summed E-state index contributed by atoms with van der Waals surface area (Å²) in [6.45, 7) is 1.49. The first-order valence-electron chi connectivity index (χ1n) is 6.38. The number of hydrogen-bond donors (Lipinski definition) is 2. The molecule has 0 aliphatic heterocycles. The van der Waals surface area contributed by atoms with Crippen LogP contribution < -0.4 is 10.6 Å². The van der Waals surface area contributed by atoms with Crippen LogP contribution in [-0.2, 0) is 9.53 Å². The molecule has 0 saturated heterocycles. The Hall–Kier alpha value is -2.28. The number of benzene rings is 1. The number of para-hydroxylation sites is 1. The zero-order valence-corrected chi connectivity index (χ0v) is 11.3. The van der Waals surface area contributed by atoms with Gasteiger partial charge in [0.15, 0.2) is 0 Å². The number of carbonyl (C=O) groups excluding carboxylic acids is 1. The summed E-state index contributed by atoms with van der Waals surface area (Å²) in [7, 11) is 1.60. The summed E-state index contributed by atoms with van der Waals surface area (Å²) < 4.78 is 4.85. The van der Waals surface area contributed by atoms with Crippen LogP contribution in [0.1, 0.15) is 6.42 Å². The Morgan fingerprint density at radius 1 is 1.20 bits per heavy atom. The summed E-state index contributed by atoms with van der Waals surface area (Å²) in [5.74, 6) is 0.386. The minimum absolute atomic E-state index is 0.0386. The maximum atomic E-state index is 11.5. The van der Waals surface area contributed by atoms with Crippen molar-refractivity contribution >= 4 is 22.9 Å². The van der Waals surface area contributed by atoms with E-state index >= 15 is 0 Å². The molecule has 1 aromatic carbocycles. The van der Waals surface area contributed by atoms with E-state index in [1.165, 1.54) is 0 Å². The summed E-state index contributed by atoms with van der Waals surface area (Å²) in [6, 6.07) is 7.50. The number of anilines is 1. The number of nitrogens with one attached hydrogen (secondary N) is 2. The molecule has 0 bridgehead atoms. The molecule has 7 nitrogen and oxygen atoms in total. The van der Waals surface area contributed by atoms with E-state index in [9.17, 15) is 4.79 Å². The third-order valence-electron chi connectivity index (χ3n) is 2.62. The van der Waals surface area contributed by atoms with Crippen molar-refractivity contribution in [3.8, 4) is 0 Å². The third kappa shape index (κ3) is 4.13. The lowest BCUT2D eigenvalue weighted by Crippen LogP contribution is -2.28. The summed E-state index contributed by atoms with van der Waals surface area (Å²) in [6.07, 6.45) is 0.347. The van der Waals surface area contributed by atoms with Crippen LogP contribution in [0.2, 0.25) is 0 Å². The van der Waals surface area contributed by atoms with Gasteiger partial charge < -0.3 is 15.4 Å². The molecule has 0 unspecified atom stereocenters. The molecule has 106 valence electrons. The molecule has 0 radical (unpaired) electrons. The lowest BCUT2D eigenvalue weighted by Gasteiger charge is -2.06. The number of rotatable bonds is 7. The molecule has 2 rings (SSSR count). The molecule has 0 fully saturated rings. The highest BCUT2D eigenvalue weighted by Crippen LogP contribution is 2.08. The Balaban J connectivity index is 1.79. The average molecular weight is 275 g/mol. The number of hydrogen-bond acceptors (Lipinski definition) is 6. The predicted octanol–water partition coefficient (Wildman–Crippen LogP) is 0.589. The average Bonchev–Trinajstić information content (AvgIpc) is 2.47. The van der Waals surface area contributed by atoms with Crippen LogP contribution in [0, 0.1) is 0 Å². The first kappa shape index (κ1) is 14.1. The Morgan fingerprint density at radius 3 is 2.80 bits per heavy atom. The van der Waals surface area contributed by atoms with E-state index in [0.717, 1.165) is 11.0 Å². The van der Waals surface area contributed by atoms with Crippen molar-refractivity contribution in [3.05, 3.63) is 24.3 Å². The highest BCUT2D eigenvalue weighted by Gasteiger charge is 2.03. The molecule has 20 heavy (non-hydrogen) atoms. The first-order chi connectivity index (χ1) is 9.79. The summed E-state index contributed by atoms with van der Waals surface area (Å²) in [5.41, 5.74) is 1.52. The maximum Gasteiger partial charge on any atom is 0.243 e. The second kappa shape index (κ2) is 7.34. The lowest BCUT2D eigenvalue weighted by molar-refractivity contribution is -0.121. The largest absolute Gasteiger partial charge is 0.383 e. The molecule has 1 aromatic heterocycles. The molecule has 2 aromatic rings. The van der Waals surface area contributed by atoms with Crippen LogP contribution in [0.5, 0.6) is 0 Å². The number of methoxy groups -OCH3 is 1. The van der Waals surface area contributed by atoms with E-state index < -0.39 is 0 Å². The Bertz CT molecular complexity index is 575. The molecule has 0 aliphatic rings. The molecule has 2 N–H and O–H groups in total. The standard InChI is InChI=1S/C13H17N5O2/c1-20-9-8-14-12(19)6-7-15-13-16-10-4-2-3-5-11(10)17-18-13/h2-5H,6-9H2,1H3,(H,14,19)(H,15,16,18). The molecule has 0 aliphatic carbocycles. The molecule has 1 heterocycles. The minimum atomic E-state index is -0.0386. The smallest absolute Gasteiger partial charge is 0.243 e. The van der Waals surface area contributed by atoms with Gasteiger partial charge in [-0.25, -0.2) is 4.98 Å². The number of aromatic nitrogens is 3. The van der Waals surface area contributed by atoms with E-state index in [2.05, 4.69) is 25.8 Å². The van der Waals surface area contributed by atoms with Crippen molar-refractivity contribution in [2.45, 2.75) is 6.42 Å². The SMILES string of the molecule is COCCNC(=O)CCNc1nnc2ccccc2n1. The van der Waals surface area contributed by atoms with Gasteiger partial charge in [0.05, 0.1) is 12.1 Å². The van der Waals surface area contributed by atoms with Gasteiger partial charge in [-0.1, -0.05) is 12.1 Å². The monoisotopic (exact) mass is 275 g/mol. The van der Waals surface area contributed by atoms with Gasteiger partial charge in [-0.05, 0) is 12.1 Å². The minimum Gasteiger partial charge on any atom is -0.383 e. The zero-order chi connectivity index (χ0) is 14.2. The summed E-state index contributed by atoms with van der Waals surface area (Å²) in [5, 5.41) is 13.7. The van der Waals surface area contributed by atoms with Crippen molar-refractivity contribution in [3.63, 3.8) is 0 Å². The summed E-state index contributed by atoms with van der Waals surface area (Å²) in [4.78, 5) is 15.8. The van der Waals surface area contributed by atoms with Gasteiger partial charge in [-0.2, -0.15) is 0 Å². The van der Waals surface area contributed by atoms with Crippen LogP contribution in [0.3, 0.4) is 0 Å². The van der Waals surface area contributed by atoms with E-state index in [-0.39, 0.29) is 5.91 Å². The van der Waals surface area contributed by atoms with E-state index in [1.807, 2.05) is 24.3 Å². The molecule has 1 amide bonds. The summed E-state index contributed by atoms with van der Waals surface area (Å²) >= 11 is 0. The fourth-order valence-electron chi connectivity index (χ4n) is 1.62. The zero-order valence-electron chi connectivity index (χ0n) is 11.3. The first-order valence-corrected chi connectivity index (χ1v) is 6.38. The van der Waals surface area contributed by atoms with Crippen molar-refractivity contribution in [1.29, 1.82) is 0 Å². The second-order valence-corrected chi connectivity index (χ2v) is 4.14. The van der Waals surface area contributed by atoms with Crippen molar-refractivity contribution in [2.24, 2.45) is 0 Å². The third-order valence-corrected chi connectivity index (χ3v) is 2.62. The van der Waals surface area contributed by atoms with E-state index in [4.69, 9.17) is 4.74 Å². The van der Waals surface area contributed by atoms with Crippen molar-refractivity contribution < 1.29 is 9.53 Å². The van der Waals surface area contributed by atoms with Gasteiger partial charge >= 0.3 is 0 Å². The van der Waals surface area contributed by atoms with Crippen LogP contribution in [0.4, 0.5) is 5.95 Å². The molecule has 0 saturated carbocycles. The van der Waals surface area contributed by atoms with Gasteiger partial charge in [0.25, 0.3) is 0 Å². The van der Waals surface area contributed by atoms with Crippen molar-refractivity contribution in [2.75, 3.05) is 32.1 Å². The number of ether oxygens (including phenoxy) is 1.